The fourth-order valence-corrected chi connectivity index (χ4v) is 2.68. The van der Waals surface area contributed by atoms with Crippen LogP contribution in [0, 0.1) is 12.8 Å². The first-order valence-corrected chi connectivity index (χ1v) is 6.18. The molecule has 1 aliphatic carbocycles. The Morgan fingerprint density at radius 2 is 2.00 bits per heavy atom. The first-order valence-electron chi connectivity index (χ1n) is 6.18. The number of aryl methyl sites for hydroxylation is 2. The molecule has 0 saturated carbocycles. The van der Waals surface area contributed by atoms with Crippen molar-refractivity contribution in [1.82, 2.24) is 0 Å². The van der Waals surface area contributed by atoms with Crippen molar-refractivity contribution in [3.8, 4) is 0 Å². The molecule has 0 heterocycles. The number of aliphatic hydroxyl groups excluding tert-OH is 2. The van der Waals surface area contributed by atoms with Gasteiger partial charge in [-0.2, -0.15) is 0 Å². The van der Waals surface area contributed by atoms with E-state index >= 15 is 0 Å². The molecular weight excluding hydrogens is 214 g/mol. The van der Waals surface area contributed by atoms with E-state index in [1.165, 1.54) is 16.7 Å². The van der Waals surface area contributed by atoms with Crippen molar-refractivity contribution in [3.05, 3.63) is 34.9 Å². The lowest BCUT2D eigenvalue weighted by Crippen LogP contribution is -2.55. The molecule has 0 amide bonds. The third-order valence-corrected chi connectivity index (χ3v) is 3.99. The van der Waals surface area contributed by atoms with Crippen LogP contribution in [0.2, 0.25) is 0 Å². The third-order valence-electron chi connectivity index (χ3n) is 3.99. The molecule has 94 valence electrons. The van der Waals surface area contributed by atoms with Gasteiger partial charge in [0.1, 0.15) is 0 Å². The summed E-state index contributed by atoms with van der Waals surface area (Å²) < 4.78 is 0. The average molecular weight is 235 g/mol. The molecule has 3 nitrogen and oxygen atoms in total. The first-order chi connectivity index (χ1) is 8.09. The van der Waals surface area contributed by atoms with Gasteiger partial charge in [0.15, 0.2) is 0 Å². The minimum Gasteiger partial charge on any atom is -0.394 e. The van der Waals surface area contributed by atoms with E-state index in [1.54, 1.807) is 0 Å². The molecule has 17 heavy (non-hydrogen) atoms. The lowest BCUT2D eigenvalue weighted by Gasteiger charge is -2.37. The Balaban J connectivity index is 2.21. The molecule has 1 aliphatic rings. The number of hydrogen-bond acceptors (Lipinski definition) is 3. The lowest BCUT2D eigenvalue weighted by molar-refractivity contribution is 0.0690. The highest BCUT2D eigenvalue weighted by Gasteiger charge is 2.35. The molecule has 0 radical (unpaired) electrons. The van der Waals surface area contributed by atoms with Gasteiger partial charge in [-0.1, -0.05) is 23.8 Å². The Hall–Kier alpha value is -0.900. The molecule has 0 spiro atoms. The topological polar surface area (TPSA) is 66.5 Å². The number of fused-ring (bicyclic) bond motifs is 1. The monoisotopic (exact) mass is 235 g/mol. The van der Waals surface area contributed by atoms with Crippen molar-refractivity contribution < 1.29 is 10.2 Å². The smallest absolute Gasteiger partial charge is 0.0655 e. The summed E-state index contributed by atoms with van der Waals surface area (Å²) in [5.41, 5.74) is 9.19. The minimum atomic E-state index is -0.845. The Bertz CT molecular complexity index is 399. The molecule has 0 bridgehead atoms. The summed E-state index contributed by atoms with van der Waals surface area (Å²) in [7, 11) is 0. The maximum atomic E-state index is 9.34. The van der Waals surface area contributed by atoms with Crippen molar-refractivity contribution in [2.45, 2.75) is 31.7 Å². The normalized spacial score (nSPS) is 20.1. The van der Waals surface area contributed by atoms with Gasteiger partial charge in [0, 0.05) is 0 Å². The van der Waals surface area contributed by atoms with Gasteiger partial charge < -0.3 is 15.9 Å². The summed E-state index contributed by atoms with van der Waals surface area (Å²) in [6.07, 6.45) is 2.78. The fraction of sp³-hybridized carbons (Fsp3) is 0.571. The summed E-state index contributed by atoms with van der Waals surface area (Å²) in [6.45, 7) is 1.78. The Morgan fingerprint density at radius 1 is 1.29 bits per heavy atom. The van der Waals surface area contributed by atoms with Crippen LogP contribution in [0.4, 0.5) is 0 Å². The quantitative estimate of drug-likeness (QED) is 0.725. The number of aliphatic hydroxyl groups is 2. The van der Waals surface area contributed by atoms with Crippen LogP contribution in [0.3, 0.4) is 0 Å². The van der Waals surface area contributed by atoms with Crippen LogP contribution in [-0.2, 0) is 12.8 Å². The van der Waals surface area contributed by atoms with Crippen LogP contribution in [-0.4, -0.2) is 29.0 Å². The van der Waals surface area contributed by atoms with E-state index in [1.807, 2.05) is 0 Å². The molecule has 1 unspecified atom stereocenters. The van der Waals surface area contributed by atoms with E-state index in [0.717, 1.165) is 19.3 Å². The predicted molar refractivity (Wildman–Crippen MR) is 67.8 cm³/mol. The summed E-state index contributed by atoms with van der Waals surface area (Å²) in [5, 5.41) is 18.7. The number of rotatable bonds is 3. The van der Waals surface area contributed by atoms with Gasteiger partial charge in [0.25, 0.3) is 0 Å². The van der Waals surface area contributed by atoms with Gasteiger partial charge in [0.05, 0.1) is 18.8 Å². The maximum absolute atomic E-state index is 9.34. The Morgan fingerprint density at radius 3 is 2.65 bits per heavy atom. The van der Waals surface area contributed by atoms with Crippen LogP contribution in [0.1, 0.15) is 23.1 Å². The zero-order valence-electron chi connectivity index (χ0n) is 10.3. The van der Waals surface area contributed by atoms with E-state index in [0.29, 0.717) is 0 Å². The zero-order chi connectivity index (χ0) is 12.5. The Labute approximate surface area is 102 Å². The number of hydrogen-bond donors (Lipinski definition) is 3. The van der Waals surface area contributed by atoms with Gasteiger partial charge in [0.2, 0.25) is 0 Å². The number of nitrogens with two attached hydrogens (primary N) is 1. The van der Waals surface area contributed by atoms with Gasteiger partial charge in [-0.05, 0) is 43.2 Å². The maximum Gasteiger partial charge on any atom is 0.0655 e. The summed E-state index contributed by atoms with van der Waals surface area (Å²) in [4.78, 5) is 0. The molecule has 1 atom stereocenters. The van der Waals surface area contributed by atoms with E-state index < -0.39 is 5.54 Å². The molecule has 1 aromatic rings. The van der Waals surface area contributed by atoms with Crippen LogP contribution < -0.4 is 5.73 Å². The average Bonchev–Trinajstić information content (AvgIpc) is 2.37. The van der Waals surface area contributed by atoms with E-state index in [4.69, 9.17) is 5.73 Å². The van der Waals surface area contributed by atoms with Crippen molar-refractivity contribution in [2.24, 2.45) is 11.7 Å². The van der Waals surface area contributed by atoms with Crippen LogP contribution in [0.25, 0.3) is 0 Å². The second-order valence-electron chi connectivity index (χ2n) is 5.26. The highest BCUT2D eigenvalue weighted by molar-refractivity contribution is 5.34. The summed E-state index contributed by atoms with van der Waals surface area (Å²) in [5.74, 6) is 0.160. The fourth-order valence-electron chi connectivity index (χ4n) is 2.68. The largest absolute Gasteiger partial charge is 0.394 e. The van der Waals surface area contributed by atoms with E-state index in [-0.39, 0.29) is 19.1 Å². The van der Waals surface area contributed by atoms with Gasteiger partial charge >= 0.3 is 0 Å². The van der Waals surface area contributed by atoms with Crippen molar-refractivity contribution in [2.75, 3.05) is 13.2 Å². The van der Waals surface area contributed by atoms with Gasteiger partial charge in [-0.15, -0.1) is 0 Å². The van der Waals surface area contributed by atoms with Crippen molar-refractivity contribution in [1.29, 1.82) is 0 Å². The SMILES string of the molecule is Cc1ccc2c(c1)CCC(C(N)(CO)CO)C2. The van der Waals surface area contributed by atoms with Crippen molar-refractivity contribution in [3.63, 3.8) is 0 Å². The molecule has 1 aromatic carbocycles. The van der Waals surface area contributed by atoms with Crippen molar-refractivity contribution >= 4 is 0 Å². The van der Waals surface area contributed by atoms with Gasteiger partial charge in [-0.25, -0.2) is 0 Å². The highest BCUT2D eigenvalue weighted by atomic mass is 16.3. The first kappa shape index (κ1) is 12.6. The molecule has 0 aliphatic heterocycles. The van der Waals surface area contributed by atoms with Crippen LogP contribution in [0.5, 0.6) is 0 Å². The highest BCUT2D eigenvalue weighted by Crippen LogP contribution is 2.31. The van der Waals surface area contributed by atoms with Crippen LogP contribution >= 0.6 is 0 Å². The summed E-state index contributed by atoms with van der Waals surface area (Å²) in [6, 6.07) is 6.48. The molecular formula is C14H21NO2. The molecule has 2 rings (SSSR count). The minimum absolute atomic E-state index is 0.157. The number of benzene rings is 1. The Kier molecular flexibility index (Phi) is 3.52. The van der Waals surface area contributed by atoms with E-state index in [9.17, 15) is 10.2 Å². The second-order valence-corrected chi connectivity index (χ2v) is 5.26. The zero-order valence-corrected chi connectivity index (χ0v) is 10.3. The molecule has 0 aromatic heterocycles. The summed E-state index contributed by atoms with van der Waals surface area (Å²) >= 11 is 0. The molecule has 0 saturated heterocycles. The lowest BCUT2D eigenvalue weighted by atomic mass is 9.73. The standard InChI is InChI=1S/C14H21NO2/c1-10-2-3-12-7-13(5-4-11(12)6-10)14(15,8-16)9-17/h2-3,6,13,16-17H,4-5,7-9,15H2,1H3. The second kappa shape index (κ2) is 4.77. The third kappa shape index (κ3) is 2.37. The van der Waals surface area contributed by atoms with E-state index in [2.05, 4.69) is 25.1 Å². The predicted octanol–water partition coefficient (Wildman–Crippen LogP) is 0.782. The molecule has 4 N–H and O–H groups in total. The van der Waals surface area contributed by atoms with Gasteiger partial charge in [-0.3, -0.25) is 0 Å². The van der Waals surface area contributed by atoms with Crippen LogP contribution in [0.15, 0.2) is 18.2 Å². The molecule has 0 fully saturated rings. The molecule has 3 heteroatoms.